The molecule has 116 valence electrons. The number of amides is 1. The first-order valence-electron chi connectivity index (χ1n) is 7.79. The zero-order chi connectivity index (χ0) is 15.5. The fraction of sp³-hybridized carbons (Fsp3) is 0.647. The number of allylic oxidation sites excluding steroid dienone is 3. The van der Waals surface area contributed by atoms with Crippen molar-refractivity contribution < 1.29 is 4.79 Å². The number of hydrogen-bond donors (Lipinski definition) is 1. The summed E-state index contributed by atoms with van der Waals surface area (Å²) < 4.78 is 0. The van der Waals surface area contributed by atoms with Crippen molar-refractivity contribution in [1.29, 1.82) is 0 Å². The first-order valence-corrected chi connectivity index (χ1v) is 7.79. The van der Waals surface area contributed by atoms with Crippen LogP contribution in [0.4, 0.5) is 0 Å². The van der Waals surface area contributed by atoms with Crippen molar-refractivity contribution in [2.45, 2.75) is 46.1 Å². The molecule has 1 fully saturated rings. The summed E-state index contributed by atoms with van der Waals surface area (Å²) in [5.41, 5.74) is 8.18. The number of nitrogens with zero attached hydrogens (tertiary/aromatic N) is 2. The van der Waals surface area contributed by atoms with E-state index in [2.05, 4.69) is 28.1 Å². The number of hydrogen-bond acceptors (Lipinski definition) is 3. The van der Waals surface area contributed by atoms with Gasteiger partial charge in [-0.05, 0) is 24.7 Å². The standard InChI is InChI=1S/C17H27N3O/c1-17(2,3)15(18)16(21)19-14-9-10-20(12-14)11-13-7-5-4-6-8-13/h4-5,7,15H,6,8-12,18H2,1-3H3/t15-/m1/s1. The van der Waals surface area contributed by atoms with Crippen LogP contribution in [-0.2, 0) is 4.79 Å². The number of aliphatic imine (C=N–C) groups is 1. The van der Waals surface area contributed by atoms with Gasteiger partial charge in [-0.15, -0.1) is 0 Å². The second kappa shape index (κ2) is 6.67. The molecule has 0 unspecified atom stereocenters. The van der Waals surface area contributed by atoms with Crippen LogP contribution in [0.1, 0.15) is 40.0 Å². The van der Waals surface area contributed by atoms with E-state index in [0.717, 1.165) is 44.6 Å². The lowest BCUT2D eigenvalue weighted by molar-refractivity contribution is -0.121. The average Bonchev–Trinajstić information content (AvgIpc) is 2.85. The lowest BCUT2D eigenvalue weighted by atomic mass is 9.87. The van der Waals surface area contributed by atoms with Crippen molar-refractivity contribution in [3.63, 3.8) is 0 Å². The van der Waals surface area contributed by atoms with Crippen molar-refractivity contribution in [2.75, 3.05) is 19.6 Å². The van der Waals surface area contributed by atoms with Gasteiger partial charge in [0.2, 0.25) is 0 Å². The largest absolute Gasteiger partial charge is 0.319 e. The Kier molecular flexibility index (Phi) is 5.12. The minimum absolute atomic E-state index is 0.181. The van der Waals surface area contributed by atoms with E-state index in [-0.39, 0.29) is 11.3 Å². The quantitative estimate of drug-likeness (QED) is 0.867. The average molecular weight is 289 g/mol. The van der Waals surface area contributed by atoms with E-state index in [0.29, 0.717) is 0 Å². The molecule has 1 atom stereocenters. The van der Waals surface area contributed by atoms with Gasteiger partial charge in [0, 0.05) is 25.3 Å². The van der Waals surface area contributed by atoms with E-state index in [9.17, 15) is 4.79 Å². The van der Waals surface area contributed by atoms with E-state index < -0.39 is 6.04 Å². The highest BCUT2D eigenvalue weighted by Crippen LogP contribution is 2.19. The van der Waals surface area contributed by atoms with Crippen LogP contribution < -0.4 is 5.73 Å². The smallest absolute Gasteiger partial charge is 0.263 e. The fourth-order valence-corrected chi connectivity index (χ4v) is 2.60. The van der Waals surface area contributed by atoms with Crippen LogP contribution in [0.2, 0.25) is 0 Å². The summed E-state index contributed by atoms with van der Waals surface area (Å²) >= 11 is 0. The van der Waals surface area contributed by atoms with Crippen molar-refractivity contribution in [2.24, 2.45) is 16.1 Å². The van der Waals surface area contributed by atoms with Crippen LogP contribution in [0.15, 0.2) is 28.8 Å². The topological polar surface area (TPSA) is 58.7 Å². The van der Waals surface area contributed by atoms with Gasteiger partial charge in [-0.3, -0.25) is 9.69 Å². The maximum Gasteiger partial charge on any atom is 0.263 e. The third-order valence-corrected chi connectivity index (χ3v) is 4.12. The molecule has 1 heterocycles. The van der Waals surface area contributed by atoms with Crippen LogP contribution in [0.3, 0.4) is 0 Å². The SMILES string of the molecule is CC(C)(C)[C@H](N)C(=O)N=C1CCN(CC2=CC=CCC2)C1. The van der Waals surface area contributed by atoms with E-state index in [4.69, 9.17) is 5.73 Å². The lowest BCUT2D eigenvalue weighted by Crippen LogP contribution is -2.41. The Morgan fingerprint density at radius 3 is 2.81 bits per heavy atom. The Morgan fingerprint density at radius 1 is 1.43 bits per heavy atom. The highest BCUT2D eigenvalue weighted by molar-refractivity contribution is 5.99. The molecule has 0 aromatic rings. The maximum atomic E-state index is 12.1. The Bertz CT molecular complexity index is 483. The molecule has 4 heteroatoms. The van der Waals surface area contributed by atoms with Crippen molar-refractivity contribution in [1.82, 2.24) is 4.90 Å². The van der Waals surface area contributed by atoms with Crippen LogP contribution >= 0.6 is 0 Å². The first kappa shape index (κ1) is 16.1. The normalized spacial score (nSPS) is 23.4. The monoisotopic (exact) mass is 289 g/mol. The van der Waals surface area contributed by atoms with Crippen LogP contribution in [-0.4, -0.2) is 42.2 Å². The van der Waals surface area contributed by atoms with Gasteiger partial charge in [-0.25, -0.2) is 4.99 Å². The summed E-state index contributed by atoms with van der Waals surface area (Å²) in [6.07, 6.45) is 9.71. The molecule has 0 aromatic heterocycles. The predicted octanol–water partition coefficient (Wildman–Crippen LogP) is 2.31. The zero-order valence-corrected chi connectivity index (χ0v) is 13.4. The summed E-state index contributed by atoms with van der Waals surface area (Å²) in [7, 11) is 0. The molecule has 0 aromatic carbocycles. The summed E-state index contributed by atoms with van der Waals surface area (Å²) in [5, 5.41) is 0. The molecule has 2 N–H and O–H groups in total. The Balaban J connectivity index is 1.89. The van der Waals surface area contributed by atoms with Gasteiger partial charge in [-0.2, -0.15) is 0 Å². The van der Waals surface area contributed by atoms with Crippen molar-refractivity contribution in [3.8, 4) is 0 Å². The van der Waals surface area contributed by atoms with E-state index in [1.54, 1.807) is 0 Å². The maximum absolute atomic E-state index is 12.1. The second-order valence-corrected chi connectivity index (χ2v) is 7.11. The van der Waals surface area contributed by atoms with Gasteiger partial charge in [-0.1, -0.05) is 44.6 Å². The van der Waals surface area contributed by atoms with Crippen molar-refractivity contribution in [3.05, 3.63) is 23.8 Å². The molecule has 1 saturated heterocycles. The Hall–Kier alpha value is -1.26. The molecule has 1 aliphatic heterocycles. The third kappa shape index (κ3) is 4.61. The van der Waals surface area contributed by atoms with Gasteiger partial charge < -0.3 is 5.73 Å². The van der Waals surface area contributed by atoms with Crippen LogP contribution in [0, 0.1) is 5.41 Å². The fourth-order valence-electron chi connectivity index (χ4n) is 2.60. The van der Waals surface area contributed by atoms with E-state index in [1.165, 1.54) is 5.57 Å². The zero-order valence-electron chi connectivity index (χ0n) is 13.4. The van der Waals surface area contributed by atoms with Gasteiger partial charge in [0.15, 0.2) is 0 Å². The molecule has 2 aliphatic rings. The number of nitrogens with two attached hydrogens (primary N) is 1. The molecular formula is C17H27N3O. The molecule has 0 saturated carbocycles. The highest BCUT2D eigenvalue weighted by atomic mass is 16.1. The van der Waals surface area contributed by atoms with Crippen molar-refractivity contribution >= 4 is 11.6 Å². The molecule has 0 spiro atoms. The van der Waals surface area contributed by atoms with Gasteiger partial charge in [0.05, 0.1) is 6.04 Å². The number of carbonyl (C=O) groups excluding carboxylic acids is 1. The first-order chi connectivity index (χ1) is 9.86. The molecule has 2 rings (SSSR count). The van der Waals surface area contributed by atoms with E-state index >= 15 is 0 Å². The highest BCUT2D eigenvalue weighted by Gasteiger charge is 2.28. The molecule has 1 aliphatic carbocycles. The van der Waals surface area contributed by atoms with Crippen LogP contribution in [0.5, 0.6) is 0 Å². The van der Waals surface area contributed by atoms with E-state index in [1.807, 2.05) is 20.8 Å². The minimum Gasteiger partial charge on any atom is -0.319 e. The van der Waals surface area contributed by atoms with Gasteiger partial charge >= 0.3 is 0 Å². The second-order valence-electron chi connectivity index (χ2n) is 7.11. The predicted molar refractivity (Wildman–Crippen MR) is 87.4 cm³/mol. The molecule has 21 heavy (non-hydrogen) atoms. The molecular weight excluding hydrogens is 262 g/mol. The number of likely N-dealkylation sites (tertiary alicyclic amines) is 1. The molecule has 0 bridgehead atoms. The summed E-state index contributed by atoms with van der Waals surface area (Å²) in [6.45, 7) is 8.68. The van der Waals surface area contributed by atoms with Crippen LogP contribution in [0.25, 0.3) is 0 Å². The Labute approximate surface area is 127 Å². The Morgan fingerprint density at radius 2 is 2.19 bits per heavy atom. The number of rotatable bonds is 3. The van der Waals surface area contributed by atoms with Gasteiger partial charge in [0.1, 0.15) is 0 Å². The third-order valence-electron chi connectivity index (χ3n) is 4.12. The summed E-state index contributed by atoms with van der Waals surface area (Å²) in [5.74, 6) is -0.181. The molecule has 4 nitrogen and oxygen atoms in total. The summed E-state index contributed by atoms with van der Waals surface area (Å²) in [4.78, 5) is 18.7. The summed E-state index contributed by atoms with van der Waals surface area (Å²) in [6, 6.07) is -0.523. The number of carbonyl (C=O) groups is 1. The van der Waals surface area contributed by atoms with Gasteiger partial charge in [0.25, 0.3) is 5.91 Å². The molecule has 0 radical (unpaired) electrons. The molecule has 1 amide bonds. The lowest BCUT2D eigenvalue weighted by Gasteiger charge is -2.23. The minimum atomic E-state index is -0.523.